The highest BCUT2D eigenvalue weighted by molar-refractivity contribution is 5.94. The number of rotatable bonds is 5. The summed E-state index contributed by atoms with van der Waals surface area (Å²) in [6.07, 6.45) is 1.50. The number of nitrogens with zero attached hydrogens (tertiary/aromatic N) is 1. The van der Waals surface area contributed by atoms with Crippen molar-refractivity contribution in [1.29, 1.82) is 0 Å². The summed E-state index contributed by atoms with van der Waals surface area (Å²) in [5, 5.41) is 24.7. The van der Waals surface area contributed by atoms with Gasteiger partial charge >= 0.3 is 12.0 Å². The fraction of sp³-hybridized carbons (Fsp3) is 0.385. The average molecular weight is 293 g/mol. The van der Waals surface area contributed by atoms with Crippen LogP contribution < -0.4 is 10.6 Å². The summed E-state index contributed by atoms with van der Waals surface area (Å²) in [6.45, 7) is 1.46. The molecule has 0 spiro atoms. The number of nitrogens with one attached hydrogen (secondary N) is 2. The van der Waals surface area contributed by atoms with Gasteiger partial charge in [-0.15, -0.1) is 0 Å². The van der Waals surface area contributed by atoms with E-state index in [0.29, 0.717) is 0 Å². The van der Waals surface area contributed by atoms with Crippen molar-refractivity contribution < 1.29 is 19.6 Å². The van der Waals surface area contributed by atoms with Gasteiger partial charge in [0.1, 0.15) is 5.54 Å². The number of nitro benzene ring substituents is 1. The highest BCUT2D eigenvalue weighted by Crippen LogP contribution is 2.39. The van der Waals surface area contributed by atoms with Gasteiger partial charge in [0.05, 0.1) is 4.92 Å². The Morgan fingerprint density at radius 2 is 2.10 bits per heavy atom. The smallest absolute Gasteiger partial charge is 0.329 e. The molecule has 1 aliphatic carbocycles. The summed E-state index contributed by atoms with van der Waals surface area (Å²) in [7, 11) is 0. The van der Waals surface area contributed by atoms with Gasteiger partial charge in [0, 0.05) is 17.8 Å². The molecule has 1 aliphatic rings. The largest absolute Gasteiger partial charge is 0.480 e. The fourth-order valence-corrected chi connectivity index (χ4v) is 2.09. The summed E-state index contributed by atoms with van der Waals surface area (Å²) in [4.78, 5) is 33.3. The lowest BCUT2D eigenvalue weighted by atomic mass is 9.96. The molecular weight excluding hydrogens is 278 g/mol. The number of benzene rings is 1. The third-order valence-electron chi connectivity index (χ3n) is 3.53. The highest BCUT2D eigenvalue weighted by Gasteiger charge is 2.48. The molecule has 1 saturated carbocycles. The van der Waals surface area contributed by atoms with E-state index in [9.17, 15) is 24.8 Å². The van der Waals surface area contributed by atoms with E-state index in [4.69, 9.17) is 0 Å². The standard InChI is InChI=1S/C13H15N3O5/c1-13(11(17)18,8-5-6-8)15-12(19)14-9-3-2-4-10(7-9)16(20)21/h2-4,7-8H,5-6H2,1H3,(H,17,18)(H2,14,15,19). The van der Waals surface area contributed by atoms with Gasteiger partial charge in [-0.05, 0) is 31.7 Å². The summed E-state index contributed by atoms with van der Waals surface area (Å²) in [5.41, 5.74) is -1.26. The van der Waals surface area contributed by atoms with Crippen LogP contribution in [0.4, 0.5) is 16.2 Å². The van der Waals surface area contributed by atoms with Crippen LogP contribution in [0.25, 0.3) is 0 Å². The SMILES string of the molecule is CC(NC(=O)Nc1cccc([N+](=O)[O-])c1)(C(=O)O)C1CC1. The molecule has 3 N–H and O–H groups in total. The molecule has 0 aromatic heterocycles. The first-order chi connectivity index (χ1) is 9.83. The molecule has 2 amide bonds. The number of carboxylic acids is 1. The highest BCUT2D eigenvalue weighted by atomic mass is 16.6. The molecule has 1 unspecified atom stereocenters. The number of aliphatic carboxylic acids is 1. The molecule has 8 heteroatoms. The van der Waals surface area contributed by atoms with Crippen molar-refractivity contribution in [3.05, 3.63) is 34.4 Å². The average Bonchev–Trinajstić information content (AvgIpc) is 3.22. The van der Waals surface area contributed by atoms with Crippen LogP contribution in [-0.4, -0.2) is 27.6 Å². The quantitative estimate of drug-likeness (QED) is 0.566. The van der Waals surface area contributed by atoms with Crippen LogP contribution in [0, 0.1) is 16.0 Å². The third-order valence-corrected chi connectivity index (χ3v) is 3.53. The zero-order chi connectivity index (χ0) is 15.6. The van der Waals surface area contributed by atoms with E-state index in [1.807, 2.05) is 0 Å². The number of hydrogen-bond donors (Lipinski definition) is 3. The van der Waals surface area contributed by atoms with E-state index in [2.05, 4.69) is 10.6 Å². The molecule has 0 radical (unpaired) electrons. The summed E-state index contributed by atoms with van der Waals surface area (Å²) < 4.78 is 0. The van der Waals surface area contributed by atoms with E-state index in [1.165, 1.54) is 31.2 Å². The minimum absolute atomic E-state index is 0.0918. The van der Waals surface area contributed by atoms with E-state index < -0.39 is 22.5 Å². The van der Waals surface area contributed by atoms with Gasteiger partial charge in [-0.2, -0.15) is 0 Å². The van der Waals surface area contributed by atoms with Crippen LogP contribution in [0.15, 0.2) is 24.3 Å². The molecule has 1 aromatic rings. The van der Waals surface area contributed by atoms with Gasteiger partial charge in [0.25, 0.3) is 5.69 Å². The molecule has 112 valence electrons. The van der Waals surface area contributed by atoms with Crippen LogP contribution in [0.3, 0.4) is 0 Å². The van der Waals surface area contributed by atoms with Crippen molar-refractivity contribution in [3.8, 4) is 0 Å². The van der Waals surface area contributed by atoms with Crippen molar-refractivity contribution >= 4 is 23.4 Å². The molecule has 0 bridgehead atoms. The number of carboxylic acid groups (broad SMARTS) is 1. The first-order valence-corrected chi connectivity index (χ1v) is 6.40. The van der Waals surface area contributed by atoms with Crippen molar-refractivity contribution in [2.45, 2.75) is 25.3 Å². The van der Waals surface area contributed by atoms with E-state index in [-0.39, 0.29) is 17.3 Å². The second kappa shape index (κ2) is 5.39. The second-order valence-electron chi connectivity index (χ2n) is 5.17. The Labute approximate surface area is 120 Å². The maximum atomic E-state index is 11.9. The molecule has 0 heterocycles. The number of nitro groups is 1. The van der Waals surface area contributed by atoms with Gasteiger partial charge in [-0.1, -0.05) is 6.07 Å². The van der Waals surface area contributed by atoms with Crippen LogP contribution in [0.5, 0.6) is 0 Å². The molecule has 1 fully saturated rings. The summed E-state index contributed by atoms with van der Waals surface area (Å²) in [5.74, 6) is -1.19. The number of non-ortho nitro benzene ring substituents is 1. The molecule has 1 aromatic carbocycles. The topological polar surface area (TPSA) is 122 Å². The molecule has 1 atom stereocenters. The van der Waals surface area contributed by atoms with Crippen LogP contribution in [0.2, 0.25) is 0 Å². The van der Waals surface area contributed by atoms with Crippen LogP contribution in [0.1, 0.15) is 19.8 Å². The lowest BCUT2D eigenvalue weighted by molar-refractivity contribution is -0.384. The second-order valence-corrected chi connectivity index (χ2v) is 5.17. The Morgan fingerprint density at radius 1 is 1.43 bits per heavy atom. The Balaban J connectivity index is 2.06. The van der Waals surface area contributed by atoms with Crippen molar-refractivity contribution in [3.63, 3.8) is 0 Å². The molecule has 21 heavy (non-hydrogen) atoms. The Bertz CT molecular complexity index is 599. The zero-order valence-electron chi connectivity index (χ0n) is 11.3. The van der Waals surface area contributed by atoms with E-state index >= 15 is 0 Å². The van der Waals surface area contributed by atoms with Crippen LogP contribution >= 0.6 is 0 Å². The number of carbonyl (C=O) groups is 2. The van der Waals surface area contributed by atoms with Crippen molar-refractivity contribution in [2.75, 3.05) is 5.32 Å². The molecule has 0 aliphatic heterocycles. The zero-order valence-corrected chi connectivity index (χ0v) is 11.3. The Morgan fingerprint density at radius 3 is 2.62 bits per heavy atom. The normalized spacial score (nSPS) is 16.6. The van der Waals surface area contributed by atoms with Gasteiger partial charge in [0.2, 0.25) is 0 Å². The van der Waals surface area contributed by atoms with Crippen molar-refractivity contribution in [1.82, 2.24) is 5.32 Å². The number of anilines is 1. The lowest BCUT2D eigenvalue weighted by Gasteiger charge is -2.26. The van der Waals surface area contributed by atoms with E-state index in [0.717, 1.165) is 12.8 Å². The Kier molecular flexibility index (Phi) is 3.79. The number of carbonyl (C=O) groups excluding carboxylic acids is 1. The predicted octanol–water partition coefficient (Wildman–Crippen LogP) is 1.97. The number of hydrogen-bond acceptors (Lipinski definition) is 4. The lowest BCUT2D eigenvalue weighted by Crippen LogP contribution is -2.55. The molecule has 0 saturated heterocycles. The first-order valence-electron chi connectivity index (χ1n) is 6.40. The number of amides is 2. The van der Waals surface area contributed by atoms with Gasteiger partial charge in [-0.25, -0.2) is 9.59 Å². The van der Waals surface area contributed by atoms with Gasteiger partial charge in [-0.3, -0.25) is 10.1 Å². The molecular formula is C13H15N3O5. The maximum absolute atomic E-state index is 11.9. The fourth-order valence-electron chi connectivity index (χ4n) is 2.09. The van der Waals surface area contributed by atoms with E-state index in [1.54, 1.807) is 0 Å². The summed E-state index contributed by atoms with van der Waals surface area (Å²) in [6, 6.07) is 4.73. The maximum Gasteiger partial charge on any atom is 0.329 e. The van der Waals surface area contributed by atoms with Gasteiger partial charge in [0.15, 0.2) is 0 Å². The van der Waals surface area contributed by atoms with Crippen LogP contribution in [-0.2, 0) is 4.79 Å². The molecule has 8 nitrogen and oxygen atoms in total. The third kappa shape index (κ3) is 3.28. The molecule has 2 rings (SSSR count). The monoisotopic (exact) mass is 293 g/mol. The van der Waals surface area contributed by atoms with Crippen molar-refractivity contribution in [2.24, 2.45) is 5.92 Å². The minimum Gasteiger partial charge on any atom is -0.480 e. The van der Waals surface area contributed by atoms with Gasteiger partial charge < -0.3 is 15.7 Å². The minimum atomic E-state index is -1.33. The predicted molar refractivity (Wildman–Crippen MR) is 74.0 cm³/mol. The Hall–Kier alpha value is -2.64. The summed E-state index contributed by atoms with van der Waals surface area (Å²) >= 11 is 0. The number of urea groups is 1. The first kappa shape index (κ1) is 14.8.